The van der Waals surface area contributed by atoms with E-state index in [9.17, 15) is 9.59 Å². The molecule has 128 valence electrons. The van der Waals surface area contributed by atoms with Gasteiger partial charge in [-0.25, -0.2) is 0 Å². The summed E-state index contributed by atoms with van der Waals surface area (Å²) in [5, 5.41) is 9.36. The zero-order valence-electron chi connectivity index (χ0n) is 12.0. The lowest BCUT2D eigenvalue weighted by atomic mass is 10.2. The smallest absolute Gasteiger partial charge is 0.307 e. The van der Waals surface area contributed by atoms with Gasteiger partial charge in [0.15, 0.2) is 0 Å². The number of benzene rings is 2. The van der Waals surface area contributed by atoms with E-state index in [1.807, 2.05) is 0 Å². The highest BCUT2D eigenvalue weighted by Crippen LogP contribution is 2.22. The third-order valence-electron chi connectivity index (χ3n) is 2.70. The van der Waals surface area contributed by atoms with Crippen LogP contribution in [-0.4, -0.2) is 16.3 Å². The fourth-order valence-electron chi connectivity index (χ4n) is 1.64. The average Bonchev–Trinajstić information content (AvgIpc) is 2.45. The van der Waals surface area contributed by atoms with Crippen molar-refractivity contribution in [2.24, 2.45) is 0 Å². The first-order valence-corrected chi connectivity index (χ1v) is 9.19. The van der Waals surface area contributed by atoms with Crippen molar-refractivity contribution in [2.75, 3.05) is 0 Å². The van der Waals surface area contributed by atoms with Gasteiger partial charge in [-0.05, 0) is 47.0 Å². The minimum atomic E-state index is -0.849. The highest BCUT2D eigenvalue weighted by molar-refractivity contribution is 9.10. The highest BCUT2D eigenvalue weighted by atomic mass is 79.9. The molecule has 0 radical (unpaired) electrons. The number of halogens is 5. The Bertz CT molecular complexity index is 688. The van der Waals surface area contributed by atoms with E-state index in [0.717, 1.165) is 20.1 Å². The van der Waals surface area contributed by atoms with Crippen LogP contribution in [0.3, 0.4) is 0 Å². The van der Waals surface area contributed by atoms with Gasteiger partial charge in [0.1, 0.15) is 0 Å². The molecule has 0 unspecified atom stereocenters. The van der Waals surface area contributed by atoms with Gasteiger partial charge in [-0.2, -0.15) is 0 Å². The molecule has 0 atom stereocenters. The monoisotopic (exact) mass is 514 g/mol. The Morgan fingerprint density at radius 2 is 1.29 bits per heavy atom. The molecule has 0 aliphatic rings. The Kier molecular flexibility index (Phi) is 9.31. The Balaban J connectivity index is 0.000000240. The lowest BCUT2D eigenvalue weighted by Crippen LogP contribution is -2.00. The van der Waals surface area contributed by atoms with Gasteiger partial charge < -0.3 is 5.11 Å². The molecule has 0 amide bonds. The maximum atomic E-state index is 10.6. The minimum Gasteiger partial charge on any atom is -0.481 e. The number of carboxylic acid groups (broad SMARTS) is 1. The fourth-order valence-corrected chi connectivity index (χ4v) is 3.43. The van der Waals surface area contributed by atoms with Crippen molar-refractivity contribution in [1.29, 1.82) is 0 Å². The van der Waals surface area contributed by atoms with Crippen molar-refractivity contribution in [3.8, 4) is 0 Å². The van der Waals surface area contributed by atoms with Crippen LogP contribution < -0.4 is 0 Å². The minimum absolute atomic E-state index is 0.0117. The number of aliphatic carboxylic acids is 1. The number of carboxylic acids is 1. The summed E-state index contributed by atoms with van der Waals surface area (Å²) in [6.45, 7) is 0. The molecule has 0 aromatic heterocycles. The van der Waals surface area contributed by atoms with Crippen molar-refractivity contribution in [3.05, 3.63) is 66.5 Å². The van der Waals surface area contributed by atoms with E-state index >= 15 is 0 Å². The van der Waals surface area contributed by atoms with Crippen LogP contribution in [0.2, 0.25) is 10.0 Å². The average molecular weight is 517 g/mol. The van der Waals surface area contributed by atoms with E-state index in [0.29, 0.717) is 10.0 Å². The molecule has 2 aromatic rings. The largest absolute Gasteiger partial charge is 0.481 e. The van der Waals surface area contributed by atoms with Crippen LogP contribution in [0.1, 0.15) is 11.1 Å². The summed E-state index contributed by atoms with van der Waals surface area (Å²) in [5.74, 6) is -0.849. The summed E-state index contributed by atoms with van der Waals surface area (Å²) >= 11 is 23.1. The van der Waals surface area contributed by atoms with Crippen molar-refractivity contribution in [3.63, 3.8) is 0 Å². The van der Waals surface area contributed by atoms with Gasteiger partial charge in [0, 0.05) is 25.4 Å². The van der Waals surface area contributed by atoms with Crippen LogP contribution in [-0.2, 0) is 22.4 Å². The van der Waals surface area contributed by atoms with Crippen molar-refractivity contribution in [2.45, 2.75) is 12.8 Å². The Hall–Kier alpha value is -0.590. The number of carbonyl (C=O) groups is 2. The predicted molar refractivity (Wildman–Crippen MR) is 104 cm³/mol. The molecular weight excluding hydrogens is 506 g/mol. The van der Waals surface area contributed by atoms with Crippen LogP contribution in [0, 0.1) is 0 Å². The molecule has 0 aliphatic carbocycles. The molecule has 0 spiro atoms. The summed E-state index contributed by atoms with van der Waals surface area (Å²) in [6, 6.07) is 10.3. The van der Waals surface area contributed by atoms with Gasteiger partial charge in [0.25, 0.3) is 0 Å². The zero-order valence-corrected chi connectivity index (χ0v) is 17.5. The normalized spacial score (nSPS) is 9.88. The molecule has 1 N–H and O–H groups in total. The Labute approximate surface area is 171 Å². The van der Waals surface area contributed by atoms with E-state index in [1.165, 1.54) is 0 Å². The quantitative estimate of drug-likeness (QED) is 0.496. The first-order chi connectivity index (χ1) is 11.2. The van der Waals surface area contributed by atoms with Gasteiger partial charge in [0.2, 0.25) is 5.24 Å². The second-order valence-electron chi connectivity index (χ2n) is 4.57. The predicted octanol–water partition coefficient (Wildman–Crippen LogP) is 6.14. The number of carbonyl (C=O) groups excluding carboxylic acids is 1. The number of hydrogen-bond acceptors (Lipinski definition) is 2. The summed E-state index contributed by atoms with van der Waals surface area (Å²) in [4.78, 5) is 20.9. The van der Waals surface area contributed by atoms with E-state index in [-0.39, 0.29) is 18.1 Å². The van der Waals surface area contributed by atoms with Gasteiger partial charge in [-0.15, -0.1) is 0 Å². The van der Waals surface area contributed by atoms with E-state index in [1.54, 1.807) is 36.4 Å². The van der Waals surface area contributed by atoms with Gasteiger partial charge in [-0.3, -0.25) is 9.59 Å². The van der Waals surface area contributed by atoms with Crippen molar-refractivity contribution >= 4 is 77.9 Å². The van der Waals surface area contributed by atoms with Gasteiger partial charge in [0.05, 0.1) is 6.42 Å². The first kappa shape index (κ1) is 21.5. The van der Waals surface area contributed by atoms with E-state index < -0.39 is 5.97 Å². The molecule has 3 nitrogen and oxygen atoms in total. The second kappa shape index (κ2) is 10.4. The van der Waals surface area contributed by atoms with Crippen LogP contribution in [0.15, 0.2) is 45.3 Å². The molecular formula is C16H11Br2Cl3O3. The summed E-state index contributed by atoms with van der Waals surface area (Å²) in [7, 11) is 0. The summed E-state index contributed by atoms with van der Waals surface area (Å²) in [6.07, 6.45) is 0.233. The number of rotatable bonds is 4. The Morgan fingerprint density at radius 3 is 1.62 bits per heavy atom. The standard InChI is InChI=1S/C8H5BrCl2O.C8H6BrClO2/c2*9-7-4-6(10)2-1-5(7)3-8(11)12/h1-2,4H,3H2;1-2,4H,3H2,(H,11,12). The molecule has 2 rings (SSSR count). The van der Waals surface area contributed by atoms with E-state index in [2.05, 4.69) is 31.9 Å². The Morgan fingerprint density at radius 1 is 0.875 bits per heavy atom. The first-order valence-electron chi connectivity index (χ1n) is 6.47. The molecule has 8 heteroatoms. The molecule has 0 heterocycles. The third-order valence-corrected chi connectivity index (χ3v) is 4.78. The van der Waals surface area contributed by atoms with Crippen LogP contribution in [0.25, 0.3) is 0 Å². The molecule has 0 bridgehead atoms. The van der Waals surface area contributed by atoms with Gasteiger partial charge >= 0.3 is 5.97 Å². The zero-order chi connectivity index (χ0) is 18.3. The summed E-state index contributed by atoms with van der Waals surface area (Å²) < 4.78 is 1.54. The molecule has 0 fully saturated rings. The fraction of sp³-hybridized carbons (Fsp3) is 0.125. The molecule has 24 heavy (non-hydrogen) atoms. The summed E-state index contributed by atoms with van der Waals surface area (Å²) in [5.41, 5.74) is 1.58. The molecule has 2 aromatic carbocycles. The van der Waals surface area contributed by atoms with Crippen LogP contribution in [0.4, 0.5) is 0 Å². The van der Waals surface area contributed by atoms with E-state index in [4.69, 9.17) is 39.9 Å². The third kappa shape index (κ3) is 7.99. The van der Waals surface area contributed by atoms with Crippen molar-refractivity contribution in [1.82, 2.24) is 0 Å². The molecule has 0 saturated carbocycles. The second-order valence-corrected chi connectivity index (χ2v) is 7.58. The van der Waals surface area contributed by atoms with Crippen LogP contribution >= 0.6 is 66.7 Å². The topological polar surface area (TPSA) is 54.4 Å². The molecule has 0 saturated heterocycles. The maximum absolute atomic E-state index is 10.6. The van der Waals surface area contributed by atoms with Crippen molar-refractivity contribution < 1.29 is 14.7 Å². The van der Waals surface area contributed by atoms with Crippen LogP contribution in [0.5, 0.6) is 0 Å². The SMILES string of the molecule is O=C(Cl)Cc1ccc(Cl)cc1Br.O=C(O)Cc1ccc(Cl)cc1Br. The highest BCUT2D eigenvalue weighted by Gasteiger charge is 2.05. The lowest BCUT2D eigenvalue weighted by Gasteiger charge is -2.00. The van der Waals surface area contributed by atoms with Gasteiger partial charge in [-0.1, -0.05) is 67.2 Å². The maximum Gasteiger partial charge on any atom is 0.307 e. The lowest BCUT2D eigenvalue weighted by molar-refractivity contribution is -0.136. The number of hydrogen-bond donors (Lipinski definition) is 1. The molecule has 0 aliphatic heterocycles.